The molecule has 13 heavy (non-hydrogen) atoms. The largest absolute Gasteiger partial charge is 0.383 e. The number of aromatic amines is 1. The number of ether oxygens (including phenoxy) is 1. The maximum Gasteiger partial charge on any atom is 0.0726 e. The second-order valence-corrected chi connectivity index (χ2v) is 3.53. The summed E-state index contributed by atoms with van der Waals surface area (Å²) in [6.07, 6.45) is 6.30. The molecule has 2 rings (SSSR count). The third-order valence-electron chi connectivity index (χ3n) is 2.39. The minimum atomic E-state index is 0.447. The van der Waals surface area contributed by atoms with E-state index in [2.05, 4.69) is 15.5 Å². The van der Waals surface area contributed by atoms with E-state index in [0.29, 0.717) is 6.04 Å². The van der Waals surface area contributed by atoms with Crippen LogP contribution in [-0.4, -0.2) is 30.0 Å². The minimum absolute atomic E-state index is 0.447. The molecule has 0 spiro atoms. The summed E-state index contributed by atoms with van der Waals surface area (Å²) in [6, 6.07) is 0.447. The Bertz CT molecular complexity index is 243. The summed E-state index contributed by atoms with van der Waals surface area (Å²) < 4.78 is 5.16. The number of nitrogens with zero attached hydrogens (tertiary/aromatic N) is 1. The molecule has 0 saturated heterocycles. The van der Waals surface area contributed by atoms with E-state index >= 15 is 0 Å². The smallest absolute Gasteiger partial charge is 0.0726 e. The van der Waals surface area contributed by atoms with E-state index in [1.54, 1.807) is 13.3 Å². The molecule has 0 aromatic carbocycles. The van der Waals surface area contributed by atoms with Gasteiger partial charge in [-0.05, 0) is 18.8 Å². The van der Waals surface area contributed by atoms with Gasteiger partial charge in [-0.25, -0.2) is 0 Å². The van der Waals surface area contributed by atoms with E-state index in [-0.39, 0.29) is 0 Å². The molecule has 1 heterocycles. The van der Waals surface area contributed by atoms with E-state index in [1.165, 1.54) is 12.8 Å². The van der Waals surface area contributed by atoms with Gasteiger partial charge in [-0.2, -0.15) is 5.10 Å². The normalized spacial score (nSPS) is 18.5. The zero-order valence-electron chi connectivity index (χ0n) is 7.79. The number of rotatable bonds is 5. The summed E-state index contributed by atoms with van der Waals surface area (Å²) in [6.45, 7) is 0.774. The van der Waals surface area contributed by atoms with Crippen LogP contribution in [0.25, 0.3) is 0 Å². The molecule has 1 saturated carbocycles. The highest BCUT2D eigenvalue weighted by molar-refractivity contribution is 5.39. The van der Waals surface area contributed by atoms with Crippen molar-refractivity contribution in [3.8, 4) is 0 Å². The van der Waals surface area contributed by atoms with Crippen molar-refractivity contribution in [1.82, 2.24) is 10.2 Å². The first kappa shape index (κ1) is 8.56. The third-order valence-corrected chi connectivity index (χ3v) is 2.39. The van der Waals surface area contributed by atoms with E-state index < -0.39 is 0 Å². The van der Waals surface area contributed by atoms with E-state index in [1.807, 2.05) is 6.20 Å². The van der Waals surface area contributed by atoms with Gasteiger partial charge in [0.15, 0.2) is 0 Å². The van der Waals surface area contributed by atoms with Gasteiger partial charge < -0.3 is 10.1 Å². The molecule has 1 aromatic heterocycles. The van der Waals surface area contributed by atoms with Gasteiger partial charge in [-0.3, -0.25) is 5.10 Å². The van der Waals surface area contributed by atoms with Crippen LogP contribution in [0.5, 0.6) is 0 Å². The first-order valence-corrected chi connectivity index (χ1v) is 4.64. The topological polar surface area (TPSA) is 49.9 Å². The Kier molecular flexibility index (Phi) is 2.49. The van der Waals surface area contributed by atoms with Crippen LogP contribution in [0.1, 0.15) is 12.8 Å². The first-order chi connectivity index (χ1) is 6.40. The Labute approximate surface area is 77.7 Å². The van der Waals surface area contributed by atoms with Gasteiger partial charge in [0.25, 0.3) is 0 Å². The fourth-order valence-corrected chi connectivity index (χ4v) is 1.52. The number of methoxy groups -OCH3 is 1. The molecule has 1 unspecified atom stereocenters. The van der Waals surface area contributed by atoms with Gasteiger partial charge in [0, 0.05) is 13.3 Å². The number of hydrogen-bond donors (Lipinski definition) is 2. The lowest BCUT2D eigenvalue weighted by atomic mass is 10.2. The van der Waals surface area contributed by atoms with Crippen LogP contribution in [0, 0.1) is 5.92 Å². The van der Waals surface area contributed by atoms with Crippen molar-refractivity contribution in [2.45, 2.75) is 18.9 Å². The molecule has 72 valence electrons. The molecule has 1 aromatic rings. The quantitative estimate of drug-likeness (QED) is 0.718. The fourth-order valence-electron chi connectivity index (χ4n) is 1.52. The molecule has 0 radical (unpaired) electrons. The fraction of sp³-hybridized carbons (Fsp3) is 0.667. The van der Waals surface area contributed by atoms with Crippen molar-refractivity contribution < 1.29 is 4.74 Å². The summed E-state index contributed by atoms with van der Waals surface area (Å²) in [5.41, 5.74) is 1.05. The molecular weight excluding hydrogens is 166 g/mol. The van der Waals surface area contributed by atoms with Crippen LogP contribution in [0.2, 0.25) is 0 Å². The van der Waals surface area contributed by atoms with Crippen LogP contribution in [0.15, 0.2) is 12.4 Å². The van der Waals surface area contributed by atoms with Crippen LogP contribution >= 0.6 is 0 Å². The van der Waals surface area contributed by atoms with Gasteiger partial charge in [0.05, 0.1) is 24.5 Å². The lowest BCUT2D eigenvalue weighted by molar-refractivity contribution is 0.179. The van der Waals surface area contributed by atoms with Gasteiger partial charge in [-0.1, -0.05) is 0 Å². The van der Waals surface area contributed by atoms with Crippen LogP contribution in [0.4, 0.5) is 5.69 Å². The second kappa shape index (κ2) is 3.79. The number of H-pyrrole nitrogens is 1. The van der Waals surface area contributed by atoms with Gasteiger partial charge in [0.1, 0.15) is 0 Å². The predicted octanol–water partition coefficient (Wildman–Crippen LogP) is 1.25. The van der Waals surface area contributed by atoms with Crippen LogP contribution < -0.4 is 5.32 Å². The van der Waals surface area contributed by atoms with Gasteiger partial charge in [-0.15, -0.1) is 0 Å². The Balaban J connectivity index is 1.89. The average molecular weight is 181 g/mol. The van der Waals surface area contributed by atoms with Gasteiger partial charge in [0.2, 0.25) is 0 Å². The molecule has 1 fully saturated rings. The molecular formula is C9H15N3O. The highest BCUT2D eigenvalue weighted by Crippen LogP contribution is 2.34. The molecule has 4 heteroatoms. The Morgan fingerprint density at radius 2 is 2.62 bits per heavy atom. The molecule has 0 aliphatic heterocycles. The maximum absolute atomic E-state index is 5.16. The Morgan fingerprint density at radius 1 is 1.77 bits per heavy atom. The zero-order valence-corrected chi connectivity index (χ0v) is 7.79. The molecule has 1 aliphatic rings. The lowest BCUT2D eigenvalue weighted by Crippen LogP contribution is -2.26. The third kappa shape index (κ3) is 2.21. The van der Waals surface area contributed by atoms with Crippen LogP contribution in [0.3, 0.4) is 0 Å². The number of aromatic nitrogens is 2. The molecule has 1 aliphatic carbocycles. The van der Waals surface area contributed by atoms with Crippen molar-refractivity contribution in [3.05, 3.63) is 12.4 Å². The average Bonchev–Trinajstić information content (AvgIpc) is 2.85. The molecule has 4 nitrogen and oxygen atoms in total. The molecule has 2 N–H and O–H groups in total. The minimum Gasteiger partial charge on any atom is -0.383 e. The van der Waals surface area contributed by atoms with Crippen molar-refractivity contribution in [3.63, 3.8) is 0 Å². The van der Waals surface area contributed by atoms with E-state index in [4.69, 9.17) is 4.74 Å². The SMILES string of the molecule is COCC(Nc1cn[nH]c1)C1CC1. The van der Waals surface area contributed by atoms with E-state index in [9.17, 15) is 0 Å². The summed E-state index contributed by atoms with van der Waals surface area (Å²) >= 11 is 0. The predicted molar refractivity (Wildman–Crippen MR) is 50.6 cm³/mol. The first-order valence-electron chi connectivity index (χ1n) is 4.64. The monoisotopic (exact) mass is 181 g/mol. The zero-order chi connectivity index (χ0) is 9.10. The van der Waals surface area contributed by atoms with Crippen molar-refractivity contribution in [1.29, 1.82) is 0 Å². The maximum atomic E-state index is 5.16. The summed E-state index contributed by atoms with van der Waals surface area (Å²) in [5.74, 6) is 0.787. The Morgan fingerprint density at radius 3 is 3.15 bits per heavy atom. The number of nitrogens with one attached hydrogen (secondary N) is 2. The van der Waals surface area contributed by atoms with Crippen molar-refractivity contribution in [2.24, 2.45) is 5.92 Å². The van der Waals surface area contributed by atoms with Crippen molar-refractivity contribution in [2.75, 3.05) is 19.0 Å². The van der Waals surface area contributed by atoms with Crippen LogP contribution in [-0.2, 0) is 4.74 Å². The number of anilines is 1. The lowest BCUT2D eigenvalue weighted by Gasteiger charge is -2.16. The Hall–Kier alpha value is -1.03. The molecule has 0 bridgehead atoms. The standard InChI is InChI=1S/C9H15N3O/c1-13-6-9(7-2-3-7)12-8-4-10-11-5-8/h4-5,7,9,12H,2-3,6H2,1H3,(H,10,11). The van der Waals surface area contributed by atoms with Gasteiger partial charge >= 0.3 is 0 Å². The molecule has 0 amide bonds. The summed E-state index contributed by atoms with van der Waals surface area (Å²) in [4.78, 5) is 0. The molecule has 1 atom stereocenters. The number of hydrogen-bond acceptors (Lipinski definition) is 3. The second-order valence-electron chi connectivity index (χ2n) is 3.53. The van der Waals surface area contributed by atoms with E-state index in [0.717, 1.165) is 18.2 Å². The summed E-state index contributed by atoms with van der Waals surface area (Å²) in [7, 11) is 1.74. The van der Waals surface area contributed by atoms with Crippen molar-refractivity contribution >= 4 is 5.69 Å². The highest BCUT2D eigenvalue weighted by Gasteiger charge is 2.31. The highest BCUT2D eigenvalue weighted by atomic mass is 16.5. The summed E-state index contributed by atoms with van der Waals surface area (Å²) in [5, 5.41) is 10.1.